The van der Waals surface area contributed by atoms with Gasteiger partial charge in [0.05, 0.1) is 0 Å². The Balaban J connectivity index is 0.000000845. The maximum atomic E-state index is 5.24. The van der Waals surface area contributed by atoms with E-state index in [0.29, 0.717) is 6.79 Å². The largest absolute Gasteiger partial charge is 0.454 e. The normalized spacial score (nSPS) is 12.4. The van der Waals surface area contributed by atoms with E-state index in [2.05, 4.69) is 5.32 Å². The van der Waals surface area contributed by atoms with Crippen LogP contribution in [0.25, 0.3) is 0 Å². The molecule has 3 heteroatoms. The zero-order valence-electron chi connectivity index (χ0n) is 6.96. The lowest BCUT2D eigenvalue weighted by Gasteiger charge is -2.00. The summed E-state index contributed by atoms with van der Waals surface area (Å²) in [6, 6.07) is 5.97. The van der Waals surface area contributed by atoms with Gasteiger partial charge in [-0.1, -0.05) is 13.5 Å². The molecule has 0 bridgehead atoms. The highest BCUT2D eigenvalue weighted by molar-refractivity contribution is 5.44. The molecule has 1 aliphatic rings. The molecule has 74 valence electrons. The van der Waals surface area contributed by atoms with Gasteiger partial charge in [-0.2, -0.15) is 0 Å². The second kappa shape index (κ2) is 4.14. The third-order valence-corrected chi connectivity index (χ3v) is 1.82. The SMILES string of the molecule is C.CNCc1ccc2c(c1)OCO2.[HH]. The van der Waals surface area contributed by atoms with Crippen LogP contribution in [-0.2, 0) is 6.54 Å². The molecule has 1 aromatic carbocycles. The van der Waals surface area contributed by atoms with E-state index in [1.165, 1.54) is 5.56 Å². The van der Waals surface area contributed by atoms with E-state index in [9.17, 15) is 0 Å². The monoisotopic (exact) mass is 183 g/mol. The first kappa shape index (κ1) is 9.86. The van der Waals surface area contributed by atoms with Crippen molar-refractivity contribution in [2.24, 2.45) is 0 Å². The van der Waals surface area contributed by atoms with Gasteiger partial charge in [-0.3, -0.25) is 0 Å². The van der Waals surface area contributed by atoms with Crippen molar-refractivity contribution in [2.75, 3.05) is 13.8 Å². The van der Waals surface area contributed by atoms with E-state index in [1.807, 2.05) is 25.2 Å². The predicted molar refractivity (Wildman–Crippen MR) is 54.2 cm³/mol. The number of nitrogens with one attached hydrogen (secondary N) is 1. The standard InChI is InChI=1S/C9H11NO2.CH4.H2/c1-10-5-7-2-3-8-9(4-7)12-6-11-8;;/h2-4,10H,5-6H2,1H3;1H4;1H. The van der Waals surface area contributed by atoms with Crippen molar-refractivity contribution in [3.8, 4) is 11.5 Å². The van der Waals surface area contributed by atoms with E-state index in [-0.39, 0.29) is 8.85 Å². The molecule has 1 N–H and O–H groups in total. The number of hydrogen-bond donors (Lipinski definition) is 1. The Bertz CT molecular complexity index is 291. The number of fused-ring (bicyclic) bond motifs is 1. The molecule has 0 fully saturated rings. The van der Waals surface area contributed by atoms with Gasteiger partial charge in [0, 0.05) is 7.97 Å². The summed E-state index contributed by atoms with van der Waals surface area (Å²) >= 11 is 0. The van der Waals surface area contributed by atoms with Gasteiger partial charge in [-0.15, -0.1) is 0 Å². The fraction of sp³-hybridized carbons (Fsp3) is 0.400. The summed E-state index contributed by atoms with van der Waals surface area (Å²) in [7, 11) is 1.92. The van der Waals surface area contributed by atoms with Crippen LogP contribution < -0.4 is 14.8 Å². The molecule has 0 unspecified atom stereocenters. The highest BCUT2D eigenvalue weighted by atomic mass is 16.7. The molecule has 0 aromatic heterocycles. The minimum Gasteiger partial charge on any atom is -0.454 e. The van der Waals surface area contributed by atoms with Crippen molar-refractivity contribution in [3.05, 3.63) is 23.8 Å². The second-order valence-electron chi connectivity index (χ2n) is 2.72. The zero-order chi connectivity index (χ0) is 8.39. The van der Waals surface area contributed by atoms with Crippen LogP contribution in [0.4, 0.5) is 0 Å². The Morgan fingerprint density at radius 2 is 2.15 bits per heavy atom. The topological polar surface area (TPSA) is 30.5 Å². The molecule has 0 saturated carbocycles. The molecule has 13 heavy (non-hydrogen) atoms. The van der Waals surface area contributed by atoms with Gasteiger partial charge in [0.25, 0.3) is 0 Å². The summed E-state index contributed by atoms with van der Waals surface area (Å²) in [5.74, 6) is 1.69. The van der Waals surface area contributed by atoms with Gasteiger partial charge >= 0.3 is 0 Å². The Labute approximate surface area is 80.2 Å². The van der Waals surface area contributed by atoms with Crippen LogP contribution in [0.15, 0.2) is 18.2 Å². The third kappa shape index (κ3) is 1.92. The molecule has 0 amide bonds. The van der Waals surface area contributed by atoms with Crippen LogP contribution in [0, 0.1) is 0 Å². The van der Waals surface area contributed by atoms with Gasteiger partial charge in [0.15, 0.2) is 11.5 Å². The van der Waals surface area contributed by atoms with E-state index < -0.39 is 0 Å². The van der Waals surface area contributed by atoms with E-state index in [4.69, 9.17) is 9.47 Å². The van der Waals surface area contributed by atoms with Gasteiger partial charge in [0.2, 0.25) is 6.79 Å². The lowest BCUT2D eigenvalue weighted by Crippen LogP contribution is -2.04. The summed E-state index contributed by atoms with van der Waals surface area (Å²) in [6.45, 7) is 1.20. The van der Waals surface area contributed by atoms with Gasteiger partial charge in [0.1, 0.15) is 0 Å². The summed E-state index contributed by atoms with van der Waals surface area (Å²) < 4.78 is 10.4. The molecule has 0 saturated heterocycles. The summed E-state index contributed by atoms with van der Waals surface area (Å²) in [4.78, 5) is 0. The number of benzene rings is 1. The second-order valence-corrected chi connectivity index (χ2v) is 2.72. The summed E-state index contributed by atoms with van der Waals surface area (Å²) in [5, 5.41) is 3.08. The number of hydrogen-bond acceptors (Lipinski definition) is 3. The molecule has 0 radical (unpaired) electrons. The molecular weight excluding hydrogens is 166 g/mol. The van der Waals surface area contributed by atoms with E-state index >= 15 is 0 Å². The highest BCUT2D eigenvalue weighted by Gasteiger charge is 2.12. The van der Waals surface area contributed by atoms with Gasteiger partial charge in [-0.05, 0) is 24.7 Å². The first-order chi connectivity index (χ1) is 5.90. The average molecular weight is 183 g/mol. The van der Waals surface area contributed by atoms with Crippen LogP contribution in [-0.4, -0.2) is 13.8 Å². The molecule has 0 aliphatic carbocycles. The average Bonchev–Trinajstić information content (AvgIpc) is 2.51. The fourth-order valence-corrected chi connectivity index (χ4v) is 1.26. The van der Waals surface area contributed by atoms with Crippen molar-refractivity contribution in [1.29, 1.82) is 0 Å². The van der Waals surface area contributed by atoms with Crippen molar-refractivity contribution >= 4 is 0 Å². The van der Waals surface area contributed by atoms with Crippen LogP contribution in [0.3, 0.4) is 0 Å². The van der Waals surface area contributed by atoms with Crippen LogP contribution >= 0.6 is 0 Å². The molecule has 0 atom stereocenters. The molecule has 1 heterocycles. The molecule has 2 rings (SSSR count). The van der Waals surface area contributed by atoms with Crippen LogP contribution in [0.5, 0.6) is 11.5 Å². The highest BCUT2D eigenvalue weighted by Crippen LogP contribution is 2.32. The van der Waals surface area contributed by atoms with Gasteiger partial charge < -0.3 is 14.8 Å². The number of ether oxygens (including phenoxy) is 2. The first-order valence-electron chi connectivity index (χ1n) is 3.93. The Hall–Kier alpha value is -1.22. The molecular formula is C10H17NO2. The lowest BCUT2D eigenvalue weighted by atomic mass is 10.2. The number of rotatable bonds is 2. The van der Waals surface area contributed by atoms with Crippen molar-refractivity contribution in [3.63, 3.8) is 0 Å². The van der Waals surface area contributed by atoms with E-state index in [1.54, 1.807) is 0 Å². The zero-order valence-corrected chi connectivity index (χ0v) is 6.96. The maximum absolute atomic E-state index is 5.24. The quantitative estimate of drug-likeness (QED) is 0.760. The summed E-state index contributed by atoms with van der Waals surface area (Å²) in [6.07, 6.45) is 0. The minimum atomic E-state index is 0. The maximum Gasteiger partial charge on any atom is 0.231 e. The smallest absolute Gasteiger partial charge is 0.231 e. The van der Waals surface area contributed by atoms with Crippen molar-refractivity contribution in [1.82, 2.24) is 5.32 Å². The fourth-order valence-electron chi connectivity index (χ4n) is 1.26. The van der Waals surface area contributed by atoms with Crippen LogP contribution in [0.2, 0.25) is 0 Å². The third-order valence-electron chi connectivity index (χ3n) is 1.82. The summed E-state index contributed by atoms with van der Waals surface area (Å²) in [5.41, 5.74) is 1.21. The van der Waals surface area contributed by atoms with E-state index in [0.717, 1.165) is 18.0 Å². The Morgan fingerprint density at radius 3 is 2.92 bits per heavy atom. The van der Waals surface area contributed by atoms with Crippen LogP contribution in [0.1, 0.15) is 14.4 Å². The molecule has 1 aromatic rings. The molecule has 0 spiro atoms. The minimum absolute atomic E-state index is 0. The Kier molecular flexibility index (Phi) is 3.14. The van der Waals surface area contributed by atoms with Crippen molar-refractivity contribution < 1.29 is 10.9 Å². The van der Waals surface area contributed by atoms with Gasteiger partial charge in [-0.25, -0.2) is 0 Å². The Morgan fingerprint density at radius 1 is 1.38 bits per heavy atom. The van der Waals surface area contributed by atoms with Crippen molar-refractivity contribution in [2.45, 2.75) is 14.0 Å². The molecule has 3 nitrogen and oxygen atoms in total. The first-order valence-corrected chi connectivity index (χ1v) is 3.93. The lowest BCUT2D eigenvalue weighted by molar-refractivity contribution is 0.174. The predicted octanol–water partition coefficient (Wildman–Crippen LogP) is 2.02. The molecule has 1 aliphatic heterocycles.